The van der Waals surface area contributed by atoms with E-state index in [1.165, 1.54) is 0 Å². The second-order valence-electron chi connectivity index (χ2n) is 5.90. The van der Waals surface area contributed by atoms with Crippen molar-refractivity contribution in [2.75, 3.05) is 26.3 Å². The second kappa shape index (κ2) is 7.72. The van der Waals surface area contributed by atoms with Crippen LogP contribution in [0.2, 0.25) is 0 Å². The van der Waals surface area contributed by atoms with E-state index in [4.69, 9.17) is 4.74 Å². The number of urea groups is 1. The Balaban J connectivity index is 1.57. The van der Waals surface area contributed by atoms with Gasteiger partial charge in [0, 0.05) is 36.1 Å². The summed E-state index contributed by atoms with van der Waals surface area (Å²) in [5.41, 5.74) is 3.10. The van der Waals surface area contributed by atoms with Gasteiger partial charge in [0.25, 0.3) is 0 Å². The molecule has 1 unspecified atom stereocenters. The summed E-state index contributed by atoms with van der Waals surface area (Å²) < 4.78 is 5.55. The monoisotopic (exact) mass is 346 g/mol. The first-order valence-corrected chi connectivity index (χ1v) is 8.97. The van der Waals surface area contributed by atoms with Crippen molar-refractivity contribution in [2.24, 2.45) is 0 Å². The summed E-state index contributed by atoms with van der Waals surface area (Å²) in [5.74, 6) is 0. The van der Waals surface area contributed by atoms with E-state index in [0.29, 0.717) is 26.3 Å². The number of hydrogen-bond donors (Lipinski definition) is 1. The number of aryl methyl sites for hydroxylation is 2. The fourth-order valence-electron chi connectivity index (χ4n) is 2.64. The van der Waals surface area contributed by atoms with Crippen molar-refractivity contribution >= 4 is 17.4 Å². The van der Waals surface area contributed by atoms with Crippen LogP contribution >= 0.6 is 11.3 Å². The van der Waals surface area contributed by atoms with Gasteiger partial charge < -0.3 is 15.0 Å². The highest BCUT2D eigenvalue weighted by molar-refractivity contribution is 7.09. The molecule has 7 heteroatoms. The van der Waals surface area contributed by atoms with Gasteiger partial charge in [-0.15, -0.1) is 11.3 Å². The molecule has 2 amide bonds. The molecule has 3 heterocycles. The number of pyridine rings is 1. The molecule has 2 aromatic rings. The van der Waals surface area contributed by atoms with Gasteiger partial charge >= 0.3 is 6.03 Å². The molecule has 6 nitrogen and oxygen atoms in total. The average Bonchev–Trinajstić information content (AvgIpc) is 3.03. The van der Waals surface area contributed by atoms with Crippen LogP contribution in [0.15, 0.2) is 23.7 Å². The molecule has 0 radical (unpaired) electrons. The number of hydrogen-bond acceptors (Lipinski definition) is 5. The van der Waals surface area contributed by atoms with Crippen LogP contribution < -0.4 is 5.32 Å². The first-order valence-electron chi connectivity index (χ1n) is 8.09. The number of morpholine rings is 1. The third-order valence-corrected chi connectivity index (χ3v) is 5.04. The smallest absolute Gasteiger partial charge is 0.318 e. The van der Waals surface area contributed by atoms with Gasteiger partial charge in [0.1, 0.15) is 11.0 Å². The molecule has 0 aliphatic carbocycles. The van der Waals surface area contributed by atoms with E-state index in [0.717, 1.165) is 28.4 Å². The Hall–Kier alpha value is -1.99. The molecule has 0 aromatic carbocycles. The van der Waals surface area contributed by atoms with E-state index in [9.17, 15) is 4.79 Å². The molecule has 2 aromatic heterocycles. The summed E-state index contributed by atoms with van der Waals surface area (Å²) in [6.45, 7) is 6.17. The Morgan fingerprint density at radius 1 is 1.42 bits per heavy atom. The number of rotatable bonds is 4. The Kier molecular flexibility index (Phi) is 5.42. The number of aromatic nitrogens is 2. The minimum Gasteiger partial charge on any atom is -0.377 e. The van der Waals surface area contributed by atoms with Gasteiger partial charge in [0.2, 0.25) is 0 Å². The molecule has 0 saturated carbocycles. The lowest BCUT2D eigenvalue weighted by molar-refractivity contribution is 0.0116. The van der Waals surface area contributed by atoms with Crippen LogP contribution in [0.5, 0.6) is 0 Å². The highest BCUT2D eigenvalue weighted by atomic mass is 32.1. The summed E-state index contributed by atoms with van der Waals surface area (Å²) in [4.78, 5) is 23.2. The zero-order valence-corrected chi connectivity index (χ0v) is 14.8. The maximum absolute atomic E-state index is 12.6. The van der Waals surface area contributed by atoms with Crippen LogP contribution in [0, 0.1) is 13.8 Å². The van der Waals surface area contributed by atoms with E-state index in [-0.39, 0.29) is 12.1 Å². The number of nitrogens with zero attached hydrogens (tertiary/aromatic N) is 3. The molecule has 24 heavy (non-hydrogen) atoms. The highest BCUT2D eigenvalue weighted by Gasteiger charge is 2.30. The van der Waals surface area contributed by atoms with E-state index >= 15 is 0 Å². The van der Waals surface area contributed by atoms with Crippen LogP contribution in [-0.2, 0) is 11.2 Å². The second-order valence-corrected chi connectivity index (χ2v) is 6.79. The largest absolute Gasteiger partial charge is 0.377 e. The fraction of sp³-hybridized carbons (Fsp3) is 0.471. The minimum atomic E-state index is -0.0986. The Morgan fingerprint density at radius 2 is 2.29 bits per heavy atom. The predicted molar refractivity (Wildman–Crippen MR) is 93.2 cm³/mol. The number of nitrogens with one attached hydrogen (secondary N) is 1. The SMILES string of the molecule is Cc1ccc(CCNC(=O)N2CCOCC2c2nc(C)cs2)cn1. The lowest BCUT2D eigenvalue weighted by Crippen LogP contribution is -2.48. The fourth-order valence-corrected chi connectivity index (χ4v) is 3.53. The van der Waals surface area contributed by atoms with Crippen LogP contribution in [0.1, 0.15) is 28.0 Å². The molecule has 1 aliphatic heterocycles. The van der Waals surface area contributed by atoms with E-state index in [2.05, 4.69) is 15.3 Å². The Morgan fingerprint density at radius 3 is 3.00 bits per heavy atom. The lowest BCUT2D eigenvalue weighted by Gasteiger charge is -2.34. The molecule has 0 bridgehead atoms. The van der Waals surface area contributed by atoms with Gasteiger partial charge in [0.05, 0.1) is 13.2 Å². The number of thiazole rings is 1. The van der Waals surface area contributed by atoms with Crippen molar-refractivity contribution in [3.05, 3.63) is 45.7 Å². The van der Waals surface area contributed by atoms with Gasteiger partial charge in [-0.1, -0.05) is 6.07 Å². The van der Waals surface area contributed by atoms with Crippen molar-refractivity contribution < 1.29 is 9.53 Å². The molecule has 1 atom stereocenters. The maximum Gasteiger partial charge on any atom is 0.318 e. The van der Waals surface area contributed by atoms with Gasteiger partial charge in [0.15, 0.2) is 0 Å². The molecule has 3 rings (SSSR count). The Labute approximate surface area is 145 Å². The molecule has 0 spiro atoms. The van der Waals surface area contributed by atoms with Crippen LogP contribution in [0.25, 0.3) is 0 Å². The molecular weight excluding hydrogens is 324 g/mol. The van der Waals surface area contributed by atoms with Gasteiger partial charge in [-0.05, 0) is 31.9 Å². The number of carbonyl (C=O) groups is 1. The normalized spacial score (nSPS) is 17.8. The van der Waals surface area contributed by atoms with Crippen LogP contribution in [-0.4, -0.2) is 47.2 Å². The molecular formula is C17H22N4O2S. The molecule has 1 N–H and O–H groups in total. The first-order chi connectivity index (χ1) is 11.6. The van der Waals surface area contributed by atoms with Crippen molar-refractivity contribution in [2.45, 2.75) is 26.3 Å². The zero-order chi connectivity index (χ0) is 16.9. The molecule has 1 saturated heterocycles. The topological polar surface area (TPSA) is 67.4 Å². The minimum absolute atomic E-state index is 0.0591. The number of amides is 2. The third-order valence-electron chi connectivity index (χ3n) is 3.97. The average molecular weight is 346 g/mol. The van der Waals surface area contributed by atoms with Gasteiger partial charge in [-0.3, -0.25) is 4.98 Å². The van der Waals surface area contributed by atoms with E-state index < -0.39 is 0 Å². The van der Waals surface area contributed by atoms with Gasteiger partial charge in [-0.25, -0.2) is 9.78 Å². The van der Waals surface area contributed by atoms with Crippen molar-refractivity contribution in [1.29, 1.82) is 0 Å². The summed E-state index contributed by atoms with van der Waals surface area (Å²) in [6, 6.07) is 3.87. The third kappa shape index (κ3) is 4.10. The standard InChI is InChI=1S/C17H22N4O2S/c1-12-3-4-14(9-19-12)5-6-18-17(22)21-7-8-23-10-15(21)16-20-13(2)11-24-16/h3-4,9,11,15H,5-8,10H2,1-2H3,(H,18,22). The Bertz CT molecular complexity index is 686. The van der Waals surface area contributed by atoms with Crippen molar-refractivity contribution in [3.63, 3.8) is 0 Å². The van der Waals surface area contributed by atoms with E-state index in [1.54, 1.807) is 11.3 Å². The van der Waals surface area contributed by atoms with Crippen molar-refractivity contribution in [1.82, 2.24) is 20.2 Å². The summed E-state index contributed by atoms with van der Waals surface area (Å²) in [5, 5.41) is 5.94. The molecule has 1 aliphatic rings. The van der Waals surface area contributed by atoms with Crippen LogP contribution in [0.4, 0.5) is 4.79 Å². The molecule has 128 valence electrons. The van der Waals surface area contributed by atoms with Crippen molar-refractivity contribution in [3.8, 4) is 0 Å². The number of ether oxygens (including phenoxy) is 1. The van der Waals surface area contributed by atoms with Gasteiger partial charge in [-0.2, -0.15) is 0 Å². The first kappa shape index (κ1) is 16.9. The summed E-state index contributed by atoms with van der Waals surface area (Å²) in [7, 11) is 0. The highest BCUT2D eigenvalue weighted by Crippen LogP contribution is 2.26. The lowest BCUT2D eigenvalue weighted by atomic mass is 10.2. The van der Waals surface area contributed by atoms with Crippen LogP contribution in [0.3, 0.4) is 0 Å². The number of carbonyl (C=O) groups excluding carboxylic acids is 1. The summed E-state index contributed by atoms with van der Waals surface area (Å²) >= 11 is 1.58. The zero-order valence-electron chi connectivity index (χ0n) is 14.0. The quantitative estimate of drug-likeness (QED) is 0.923. The van der Waals surface area contributed by atoms with E-state index in [1.807, 2.05) is 42.5 Å². The summed E-state index contributed by atoms with van der Waals surface area (Å²) in [6.07, 6.45) is 2.63. The molecule has 1 fully saturated rings. The predicted octanol–water partition coefficient (Wildman–Crippen LogP) is 2.48. The maximum atomic E-state index is 12.6.